The van der Waals surface area contributed by atoms with Gasteiger partial charge in [-0.15, -0.1) is 0 Å². The Morgan fingerprint density at radius 3 is 2.05 bits per heavy atom. The number of hydrogen-bond acceptors (Lipinski definition) is 2. The molecule has 0 aromatic heterocycles. The van der Waals surface area contributed by atoms with Gasteiger partial charge < -0.3 is 10.6 Å². The average Bonchev–Trinajstić information content (AvgIpc) is 2.52. The molecule has 2 aromatic rings. The predicted molar refractivity (Wildman–Crippen MR) is 81.3 cm³/mol. The summed E-state index contributed by atoms with van der Waals surface area (Å²) >= 11 is 0. The van der Waals surface area contributed by atoms with Gasteiger partial charge in [0.1, 0.15) is 0 Å². The lowest BCUT2D eigenvalue weighted by atomic mass is 10.0. The van der Waals surface area contributed by atoms with Crippen molar-refractivity contribution in [3.63, 3.8) is 0 Å². The molecule has 0 bridgehead atoms. The van der Waals surface area contributed by atoms with Crippen LogP contribution in [-0.2, 0) is 17.8 Å². The van der Waals surface area contributed by atoms with Gasteiger partial charge in [-0.2, -0.15) is 0 Å². The van der Waals surface area contributed by atoms with Crippen molar-refractivity contribution >= 4 is 5.91 Å². The molecule has 2 N–H and O–H groups in total. The van der Waals surface area contributed by atoms with E-state index in [1.54, 1.807) is 7.05 Å². The van der Waals surface area contributed by atoms with Crippen molar-refractivity contribution in [3.05, 3.63) is 71.8 Å². The van der Waals surface area contributed by atoms with Crippen molar-refractivity contribution in [2.75, 3.05) is 7.05 Å². The molecule has 1 unspecified atom stereocenters. The summed E-state index contributed by atoms with van der Waals surface area (Å²) in [5.41, 5.74) is 2.33. The molecular weight excluding hydrogens is 248 g/mol. The molecule has 0 saturated carbocycles. The van der Waals surface area contributed by atoms with E-state index < -0.39 is 0 Å². The van der Waals surface area contributed by atoms with Gasteiger partial charge in [0.05, 0.1) is 6.04 Å². The number of benzene rings is 2. The molecule has 0 spiro atoms. The van der Waals surface area contributed by atoms with E-state index in [1.807, 2.05) is 48.5 Å². The van der Waals surface area contributed by atoms with Gasteiger partial charge in [-0.05, 0) is 17.5 Å². The van der Waals surface area contributed by atoms with Crippen molar-refractivity contribution in [1.29, 1.82) is 0 Å². The summed E-state index contributed by atoms with van der Waals surface area (Å²) in [6.07, 6.45) is 0.688. The largest absolute Gasteiger partial charge is 0.358 e. The molecule has 3 heteroatoms. The molecule has 0 radical (unpaired) electrons. The van der Waals surface area contributed by atoms with Crippen LogP contribution in [0.15, 0.2) is 60.7 Å². The van der Waals surface area contributed by atoms with E-state index in [0.717, 1.165) is 5.56 Å². The fourth-order valence-electron chi connectivity index (χ4n) is 2.12. The SMILES string of the molecule is CNC(=O)C(Cc1ccccc1)NCc1ccccc1. The fourth-order valence-corrected chi connectivity index (χ4v) is 2.12. The van der Waals surface area contributed by atoms with Gasteiger partial charge >= 0.3 is 0 Å². The maximum absolute atomic E-state index is 12.0. The lowest BCUT2D eigenvalue weighted by Gasteiger charge is -2.17. The molecule has 0 saturated heterocycles. The summed E-state index contributed by atoms with van der Waals surface area (Å²) < 4.78 is 0. The Kier molecular flexibility index (Phi) is 5.33. The topological polar surface area (TPSA) is 41.1 Å². The van der Waals surface area contributed by atoms with Crippen LogP contribution in [0.3, 0.4) is 0 Å². The Balaban J connectivity index is 1.99. The smallest absolute Gasteiger partial charge is 0.237 e. The van der Waals surface area contributed by atoms with E-state index in [9.17, 15) is 4.79 Å². The summed E-state index contributed by atoms with van der Waals surface area (Å²) in [5, 5.41) is 6.04. The number of rotatable bonds is 6. The van der Waals surface area contributed by atoms with Crippen LogP contribution in [-0.4, -0.2) is 19.0 Å². The number of hydrogen-bond donors (Lipinski definition) is 2. The molecule has 3 nitrogen and oxygen atoms in total. The number of carbonyl (C=O) groups excluding carboxylic acids is 1. The minimum atomic E-state index is -0.220. The highest BCUT2D eigenvalue weighted by molar-refractivity contribution is 5.81. The Hall–Kier alpha value is -2.13. The van der Waals surface area contributed by atoms with E-state index in [0.29, 0.717) is 13.0 Å². The maximum Gasteiger partial charge on any atom is 0.237 e. The second kappa shape index (κ2) is 7.46. The van der Waals surface area contributed by atoms with Crippen LogP contribution in [0.1, 0.15) is 11.1 Å². The van der Waals surface area contributed by atoms with Gasteiger partial charge in [-0.3, -0.25) is 4.79 Å². The number of amides is 1. The van der Waals surface area contributed by atoms with Crippen LogP contribution >= 0.6 is 0 Å². The van der Waals surface area contributed by atoms with Gasteiger partial charge in [0.25, 0.3) is 0 Å². The second-order valence-corrected chi connectivity index (χ2v) is 4.72. The Bertz CT molecular complexity index is 525. The maximum atomic E-state index is 12.0. The molecule has 1 amide bonds. The number of nitrogens with one attached hydrogen (secondary N) is 2. The Morgan fingerprint density at radius 2 is 1.50 bits per heavy atom. The monoisotopic (exact) mass is 268 g/mol. The van der Waals surface area contributed by atoms with Crippen molar-refractivity contribution < 1.29 is 4.79 Å². The molecule has 0 aliphatic carbocycles. The Labute approximate surface area is 120 Å². The molecule has 2 rings (SSSR count). The summed E-state index contributed by atoms with van der Waals surface area (Å²) in [6.45, 7) is 0.686. The van der Waals surface area contributed by atoms with E-state index in [4.69, 9.17) is 0 Å². The minimum absolute atomic E-state index is 0.0183. The first-order valence-electron chi connectivity index (χ1n) is 6.82. The second-order valence-electron chi connectivity index (χ2n) is 4.72. The molecule has 0 aliphatic heterocycles. The standard InChI is InChI=1S/C17H20N2O/c1-18-17(20)16(12-14-8-4-2-5-9-14)19-13-15-10-6-3-7-11-15/h2-11,16,19H,12-13H2,1H3,(H,18,20). The van der Waals surface area contributed by atoms with Gasteiger partial charge in [-0.25, -0.2) is 0 Å². The van der Waals surface area contributed by atoms with Gasteiger partial charge in [0.15, 0.2) is 0 Å². The third-order valence-electron chi connectivity index (χ3n) is 3.24. The first kappa shape index (κ1) is 14.3. The van der Waals surface area contributed by atoms with Crippen LogP contribution < -0.4 is 10.6 Å². The van der Waals surface area contributed by atoms with Gasteiger partial charge in [0.2, 0.25) is 5.91 Å². The average molecular weight is 268 g/mol. The lowest BCUT2D eigenvalue weighted by Crippen LogP contribution is -2.44. The van der Waals surface area contributed by atoms with E-state index in [-0.39, 0.29) is 11.9 Å². The zero-order valence-corrected chi connectivity index (χ0v) is 11.7. The molecule has 0 heterocycles. The molecule has 1 atom stereocenters. The third-order valence-corrected chi connectivity index (χ3v) is 3.24. The highest BCUT2D eigenvalue weighted by atomic mass is 16.2. The van der Waals surface area contributed by atoms with Crippen LogP contribution in [0.25, 0.3) is 0 Å². The van der Waals surface area contributed by atoms with Crippen LogP contribution in [0.4, 0.5) is 0 Å². The van der Waals surface area contributed by atoms with Gasteiger partial charge in [0, 0.05) is 13.6 Å². The summed E-state index contributed by atoms with van der Waals surface area (Å²) in [5.74, 6) is 0.0183. The van der Waals surface area contributed by atoms with E-state index >= 15 is 0 Å². The molecule has 20 heavy (non-hydrogen) atoms. The van der Waals surface area contributed by atoms with E-state index in [1.165, 1.54) is 5.56 Å². The molecule has 0 aliphatic rings. The summed E-state index contributed by atoms with van der Waals surface area (Å²) in [7, 11) is 1.67. The first-order chi connectivity index (χ1) is 9.79. The van der Waals surface area contributed by atoms with Crippen molar-refractivity contribution in [2.45, 2.75) is 19.0 Å². The molecule has 0 fully saturated rings. The molecule has 104 valence electrons. The highest BCUT2D eigenvalue weighted by Gasteiger charge is 2.16. The summed E-state index contributed by atoms with van der Waals surface area (Å²) in [6, 6.07) is 19.9. The van der Waals surface area contributed by atoms with Crippen LogP contribution in [0.2, 0.25) is 0 Å². The zero-order chi connectivity index (χ0) is 14.2. The van der Waals surface area contributed by atoms with Crippen molar-refractivity contribution in [3.8, 4) is 0 Å². The Morgan fingerprint density at radius 1 is 0.950 bits per heavy atom. The quantitative estimate of drug-likeness (QED) is 0.842. The van der Waals surface area contributed by atoms with Crippen molar-refractivity contribution in [1.82, 2.24) is 10.6 Å². The van der Waals surface area contributed by atoms with Crippen molar-refractivity contribution in [2.24, 2.45) is 0 Å². The van der Waals surface area contributed by atoms with E-state index in [2.05, 4.69) is 22.8 Å². The zero-order valence-electron chi connectivity index (χ0n) is 11.7. The fraction of sp³-hybridized carbons (Fsp3) is 0.235. The van der Waals surface area contributed by atoms with Crippen LogP contribution in [0, 0.1) is 0 Å². The van der Waals surface area contributed by atoms with Crippen LogP contribution in [0.5, 0.6) is 0 Å². The number of likely N-dealkylation sites (N-methyl/N-ethyl adjacent to an activating group) is 1. The van der Waals surface area contributed by atoms with Gasteiger partial charge in [-0.1, -0.05) is 60.7 Å². The minimum Gasteiger partial charge on any atom is -0.358 e. The highest BCUT2D eigenvalue weighted by Crippen LogP contribution is 2.05. The lowest BCUT2D eigenvalue weighted by molar-refractivity contribution is -0.122. The third kappa shape index (κ3) is 4.21. The predicted octanol–water partition coefficient (Wildman–Crippen LogP) is 2.13. The molecular formula is C17H20N2O. The summed E-state index contributed by atoms with van der Waals surface area (Å²) in [4.78, 5) is 12.0. The number of carbonyl (C=O) groups is 1. The first-order valence-corrected chi connectivity index (χ1v) is 6.82. The molecule has 2 aromatic carbocycles. The normalized spacial score (nSPS) is 11.8.